The van der Waals surface area contributed by atoms with Crippen LogP contribution in [0.3, 0.4) is 0 Å². The SMILES string of the molecule is CC(C)C(NC(=O)COc1cccnc1)C(=O)O. The summed E-state index contributed by atoms with van der Waals surface area (Å²) in [6.45, 7) is 3.21. The first kappa shape index (κ1) is 14.0. The van der Waals surface area contributed by atoms with Crippen LogP contribution in [0.2, 0.25) is 0 Å². The van der Waals surface area contributed by atoms with E-state index < -0.39 is 17.9 Å². The maximum atomic E-state index is 11.5. The first-order chi connectivity index (χ1) is 8.50. The minimum absolute atomic E-state index is 0.190. The number of nitrogens with one attached hydrogen (secondary N) is 1. The largest absolute Gasteiger partial charge is 0.482 e. The standard InChI is InChI=1S/C12H16N2O4/c1-8(2)11(12(16)17)14-10(15)7-18-9-4-3-5-13-6-9/h3-6,8,11H,7H2,1-2H3,(H,14,15)(H,16,17). The number of aromatic nitrogens is 1. The Hall–Kier alpha value is -2.11. The van der Waals surface area contributed by atoms with Gasteiger partial charge >= 0.3 is 5.97 Å². The zero-order valence-corrected chi connectivity index (χ0v) is 10.3. The normalized spacial score (nSPS) is 11.9. The summed E-state index contributed by atoms with van der Waals surface area (Å²) in [6.07, 6.45) is 3.07. The molecule has 0 aliphatic carbocycles. The molecule has 1 heterocycles. The number of ether oxygens (including phenoxy) is 1. The quantitative estimate of drug-likeness (QED) is 0.777. The molecule has 1 rings (SSSR count). The molecule has 1 unspecified atom stereocenters. The van der Waals surface area contributed by atoms with Crippen LogP contribution in [0.4, 0.5) is 0 Å². The lowest BCUT2D eigenvalue weighted by Gasteiger charge is -2.17. The van der Waals surface area contributed by atoms with Crippen molar-refractivity contribution in [3.8, 4) is 5.75 Å². The second-order valence-electron chi connectivity index (χ2n) is 4.10. The van der Waals surface area contributed by atoms with E-state index >= 15 is 0 Å². The van der Waals surface area contributed by atoms with Crippen LogP contribution in [0.25, 0.3) is 0 Å². The second-order valence-corrected chi connectivity index (χ2v) is 4.10. The van der Waals surface area contributed by atoms with Gasteiger partial charge < -0.3 is 15.2 Å². The predicted molar refractivity (Wildman–Crippen MR) is 64.1 cm³/mol. The highest BCUT2D eigenvalue weighted by molar-refractivity contribution is 5.84. The summed E-state index contributed by atoms with van der Waals surface area (Å²) in [7, 11) is 0. The summed E-state index contributed by atoms with van der Waals surface area (Å²) < 4.78 is 5.16. The molecule has 0 aliphatic rings. The Labute approximate surface area is 105 Å². The van der Waals surface area contributed by atoms with Crippen molar-refractivity contribution in [3.63, 3.8) is 0 Å². The van der Waals surface area contributed by atoms with Crippen LogP contribution in [0.1, 0.15) is 13.8 Å². The molecule has 1 amide bonds. The summed E-state index contributed by atoms with van der Waals surface area (Å²) >= 11 is 0. The van der Waals surface area contributed by atoms with E-state index in [0.717, 1.165) is 0 Å². The van der Waals surface area contributed by atoms with Gasteiger partial charge in [-0.1, -0.05) is 13.8 Å². The van der Waals surface area contributed by atoms with Crippen molar-refractivity contribution in [2.75, 3.05) is 6.61 Å². The summed E-state index contributed by atoms with van der Waals surface area (Å²) in [5.74, 6) is -1.26. The van der Waals surface area contributed by atoms with Crippen molar-refractivity contribution in [2.24, 2.45) is 5.92 Å². The van der Waals surface area contributed by atoms with E-state index in [4.69, 9.17) is 9.84 Å². The number of pyridine rings is 1. The molecule has 1 aromatic rings. The number of carboxylic acids is 1. The number of rotatable bonds is 6. The van der Waals surface area contributed by atoms with Gasteiger partial charge in [0.2, 0.25) is 0 Å². The lowest BCUT2D eigenvalue weighted by molar-refractivity contribution is -0.143. The number of aliphatic carboxylic acids is 1. The van der Waals surface area contributed by atoms with Crippen molar-refractivity contribution in [3.05, 3.63) is 24.5 Å². The van der Waals surface area contributed by atoms with E-state index in [1.807, 2.05) is 0 Å². The van der Waals surface area contributed by atoms with Gasteiger partial charge in [0.25, 0.3) is 5.91 Å². The minimum Gasteiger partial charge on any atom is -0.482 e. The summed E-state index contributed by atoms with van der Waals surface area (Å²) in [5, 5.41) is 11.3. The van der Waals surface area contributed by atoms with Crippen molar-refractivity contribution in [1.82, 2.24) is 10.3 Å². The maximum Gasteiger partial charge on any atom is 0.326 e. The lowest BCUT2D eigenvalue weighted by Crippen LogP contribution is -2.46. The molecule has 0 spiro atoms. The Morgan fingerprint density at radius 2 is 2.22 bits per heavy atom. The van der Waals surface area contributed by atoms with Gasteiger partial charge in [0, 0.05) is 6.20 Å². The summed E-state index contributed by atoms with van der Waals surface area (Å²) in [6, 6.07) is 2.44. The van der Waals surface area contributed by atoms with Gasteiger partial charge in [0.1, 0.15) is 11.8 Å². The number of carboxylic acid groups (broad SMARTS) is 1. The predicted octanol–water partition coefficient (Wildman–Crippen LogP) is 0.686. The zero-order valence-electron chi connectivity index (χ0n) is 10.3. The molecule has 98 valence electrons. The molecule has 6 nitrogen and oxygen atoms in total. The van der Waals surface area contributed by atoms with Gasteiger partial charge in [0.15, 0.2) is 6.61 Å². The fraction of sp³-hybridized carbons (Fsp3) is 0.417. The molecule has 0 aliphatic heterocycles. The molecular weight excluding hydrogens is 236 g/mol. The number of hydrogen-bond acceptors (Lipinski definition) is 4. The van der Waals surface area contributed by atoms with Crippen molar-refractivity contribution < 1.29 is 19.4 Å². The Bertz CT molecular complexity index is 406. The van der Waals surface area contributed by atoms with Crippen LogP contribution < -0.4 is 10.1 Å². The van der Waals surface area contributed by atoms with E-state index in [1.54, 1.807) is 32.2 Å². The Morgan fingerprint density at radius 3 is 2.72 bits per heavy atom. The monoisotopic (exact) mass is 252 g/mol. The molecule has 0 aromatic carbocycles. The molecule has 0 saturated carbocycles. The van der Waals surface area contributed by atoms with Crippen LogP contribution in [0.15, 0.2) is 24.5 Å². The third-order valence-electron chi connectivity index (χ3n) is 2.25. The van der Waals surface area contributed by atoms with Crippen molar-refractivity contribution in [1.29, 1.82) is 0 Å². The van der Waals surface area contributed by atoms with Gasteiger partial charge in [-0.05, 0) is 18.1 Å². The Morgan fingerprint density at radius 1 is 1.50 bits per heavy atom. The second kappa shape index (κ2) is 6.58. The van der Waals surface area contributed by atoms with E-state index in [0.29, 0.717) is 5.75 Å². The van der Waals surface area contributed by atoms with E-state index in [1.165, 1.54) is 6.20 Å². The van der Waals surface area contributed by atoms with Gasteiger partial charge in [0.05, 0.1) is 6.20 Å². The average molecular weight is 252 g/mol. The molecule has 0 bridgehead atoms. The fourth-order valence-electron chi connectivity index (χ4n) is 1.31. The van der Waals surface area contributed by atoms with Crippen LogP contribution in [0, 0.1) is 5.92 Å². The molecule has 18 heavy (non-hydrogen) atoms. The highest BCUT2D eigenvalue weighted by atomic mass is 16.5. The third kappa shape index (κ3) is 4.40. The van der Waals surface area contributed by atoms with Gasteiger partial charge in [-0.15, -0.1) is 0 Å². The van der Waals surface area contributed by atoms with E-state index in [9.17, 15) is 9.59 Å². The van der Waals surface area contributed by atoms with Gasteiger partial charge in [-0.25, -0.2) is 4.79 Å². The van der Waals surface area contributed by atoms with E-state index in [2.05, 4.69) is 10.3 Å². The number of nitrogens with zero attached hydrogens (tertiary/aromatic N) is 1. The topological polar surface area (TPSA) is 88.5 Å². The number of carbonyl (C=O) groups is 2. The van der Waals surface area contributed by atoms with Crippen molar-refractivity contribution >= 4 is 11.9 Å². The molecule has 1 atom stereocenters. The molecule has 0 saturated heterocycles. The molecular formula is C12H16N2O4. The van der Waals surface area contributed by atoms with Crippen molar-refractivity contribution in [2.45, 2.75) is 19.9 Å². The summed E-state index contributed by atoms with van der Waals surface area (Å²) in [4.78, 5) is 26.2. The zero-order chi connectivity index (χ0) is 13.5. The van der Waals surface area contributed by atoms with Gasteiger partial charge in [-0.3, -0.25) is 9.78 Å². The Balaban J connectivity index is 2.44. The highest BCUT2D eigenvalue weighted by Crippen LogP contribution is 2.06. The van der Waals surface area contributed by atoms with Crippen LogP contribution in [-0.2, 0) is 9.59 Å². The molecule has 2 N–H and O–H groups in total. The lowest BCUT2D eigenvalue weighted by atomic mass is 10.1. The molecule has 6 heteroatoms. The third-order valence-corrected chi connectivity index (χ3v) is 2.25. The van der Waals surface area contributed by atoms with E-state index in [-0.39, 0.29) is 12.5 Å². The average Bonchev–Trinajstić information content (AvgIpc) is 2.34. The van der Waals surface area contributed by atoms with Crippen LogP contribution >= 0.6 is 0 Å². The highest BCUT2D eigenvalue weighted by Gasteiger charge is 2.23. The van der Waals surface area contributed by atoms with Crippen LogP contribution in [-0.4, -0.2) is 34.6 Å². The number of carbonyl (C=O) groups excluding carboxylic acids is 1. The Kier molecular flexibility index (Phi) is 5.10. The number of amides is 1. The van der Waals surface area contributed by atoms with Gasteiger partial charge in [-0.2, -0.15) is 0 Å². The molecule has 0 radical (unpaired) electrons. The van der Waals surface area contributed by atoms with Crippen LogP contribution in [0.5, 0.6) is 5.75 Å². The first-order valence-electron chi connectivity index (χ1n) is 5.55. The number of hydrogen-bond donors (Lipinski definition) is 2. The fourth-order valence-corrected chi connectivity index (χ4v) is 1.31. The first-order valence-corrected chi connectivity index (χ1v) is 5.55. The maximum absolute atomic E-state index is 11.5. The summed E-state index contributed by atoms with van der Waals surface area (Å²) in [5.41, 5.74) is 0. The molecule has 0 fully saturated rings. The minimum atomic E-state index is -1.06. The molecule has 1 aromatic heterocycles. The smallest absolute Gasteiger partial charge is 0.326 e.